The highest BCUT2D eigenvalue weighted by molar-refractivity contribution is 7.89. The van der Waals surface area contributed by atoms with Gasteiger partial charge in [-0.3, -0.25) is 9.88 Å². The fourth-order valence-corrected chi connectivity index (χ4v) is 5.54. The molecule has 2 aliphatic rings. The van der Waals surface area contributed by atoms with Crippen molar-refractivity contribution in [1.29, 1.82) is 0 Å². The third kappa shape index (κ3) is 2.55. The van der Waals surface area contributed by atoms with Crippen LogP contribution in [0, 0.1) is 6.92 Å². The predicted molar refractivity (Wildman–Crippen MR) is 89.8 cm³/mol. The number of benzene rings is 1. The van der Waals surface area contributed by atoms with Gasteiger partial charge in [0.15, 0.2) is 0 Å². The van der Waals surface area contributed by atoms with Gasteiger partial charge in [-0.1, -0.05) is 6.07 Å². The Bertz CT molecular complexity index is 850. The summed E-state index contributed by atoms with van der Waals surface area (Å²) in [4.78, 5) is 7.10. The molecule has 2 saturated heterocycles. The summed E-state index contributed by atoms with van der Waals surface area (Å²) in [5.74, 6) is 0. The van der Waals surface area contributed by atoms with Crippen LogP contribution in [-0.2, 0) is 10.0 Å². The average molecular weight is 331 g/mol. The van der Waals surface area contributed by atoms with Crippen LogP contribution in [0.1, 0.15) is 18.4 Å². The topological polar surface area (TPSA) is 53.5 Å². The van der Waals surface area contributed by atoms with E-state index in [0.29, 0.717) is 29.5 Å². The van der Waals surface area contributed by atoms with E-state index >= 15 is 0 Å². The van der Waals surface area contributed by atoms with Gasteiger partial charge in [-0.05, 0) is 50.1 Å². The molecule has 1 unspecified atom stereocenters. The zero-order valence-electron chi connectivity index (χ0n) is 13.3. The number of sulfonamides is 1. The average Bonchev–Trinajstić information content (AvgIpc) is 3.01. The smallest absolute Gasteiger partial charge is 0.245 e. The second-order valence-corrected chi connectivity index (χ2v) is 8.44. The van der Waals surface area contributed by atoms with Gasteiger partial charge in [0.05, 0.1) is 5.52 Å². The maximum atomic E-state index is 13.2. The quantitative estimate of drug-likeness (QED) is 0.845. The Hall–Kier alpha value is -1.50. The minimum Gasteiger partial charge on any atom is -0.298 e. The predicted octanol–water partition coefficient (Wildman–Crippen LogP) is 2.01. The first-order valence-corrected chi connectivity index (χ1v) is 9.59. The minimum absolute atomic E-state index is 0.347. The molecule has 0 aliphatic carbocycles. The molecule has 0 spiro atoms. The third-order valence-electron chi connectivity index (χ3n) is 4.98. The first kappa shape index (κ1) is 15.1. The Morgan fingerprint density at radius 3 is 2.96 bits per heavy atom. The number of piperazine rings is 1. The van der Waals surface area contributed by atoms with Crippen molar-refractivity contribution in [2.75, 3.05) is 26.2 Å². The summed E-state index contributed by atoms with van der Waals surface area (Å²) in [5.41, 5.74) is 1.52. The Balaban J connectivity index is 1.77. The molecule has 0 bridgehead atoms. The van der Waals surface area contributed by atoms with Gasteiger partial charge in [0.2, 0.25) is 10.0 Å². The van der Waals surface area contributed by atoms with Crippen LogP contribution in [0.25, 0.3) is 10.9 Å². The molecule has 122 valence electrons. The van der Waals surface area contributed by atoms with E-state index in [0.717, 1.165) is 30.5 Å². The molecule has 1 aromatic carbocycles. The summed E-state index contributed by atoms with van der Waals surface area (Å²) in [6.07, 6.45) is 3.93. The molecule has 3 heterocycles. The van der Waals surface area contributed by atoms with Crippen LogP contribution < -0.4 is 0 Å². The van der Waals surface area contributed by atoms with Gasteiger partial charge in [0.1, 0.15) is 4.90 Å². The standard InChI is InChI=1S/C17H21N3O2S/c1-13-10-14-4-2-6-18-17(14)16(11-13)23(21,22)20-9-8-19-7-3-5-15(19)12-20/h2,4,6,10-11,15H,3,5,7-9,12H2,1H3. The molecule has 2 fully saturated rings. The lowest BCUT2D eigenvalue weighted by Gasteiger charge is -2.36. The first-order chi connectivity index (χ1) is 11.1. The molecule has 0 radical (unpaired) electrons. The van der Waals surface area contributed by atoms with Gasteiger partial charge in [-0.25, -0.2) is 8.42 Å². The van der Waals surface area contributed by atoms with Crippen LogP contribution in [0.2, 0.25) is 0 Å². The Labute approximate surface area is 137 Å². The van der Waals surface area contributed by atoms with Crippen LogP contribution in [0.3, 0.4) is 0 Å². The number of aromatic nitrogens is 1. The number of aryl methyl sites for hydroxylation is 1. The molecule has 4 rings (SSSR count). The number of nitrogens with zero attached hydrogens (tertiary/aromatic N) is 3. The maximum Gasteiger partial charge on any atom is 0.245 e. The number of hydrogen-bond acceptors (Lipinski definition) is 4. The van der Waals surface area contributed by atoms with Crippen LogP contribution in [0.4, 0.5) is 0 Å². The van der Waals surface area contributed by atoms with E-state index in [9.17, 15) is 8.42 Å². The Morgan fingerprint density at radius 2 is 2.09 bits per heavy atom. The normalized spacial score (nSPS) is 23.3. The second-order valence-electron chi connectivity index (χ2n) is 6.53. The third-order valence-corrected chi connectivity index (χ3v) is 6.86. The largest absolute Gasteiger partial charge is 0.298 e. The minimum atomic E-state index is -3.51. The molecule has 2 aliphatic heterocycles. The molecule has 1 atom stereocenters. The number of pyridine rings is 1. The van der Waals surface area contributed by atoms with Crippen molar-refractivity contribution in [3.63, 3.8) is 0 Å². The van der Waals surface area contributed by atoms with Crippen LogP contribution in [-0.4, -0.2) is 54.8 Å². The lowest BCUT2D eigenvalue weighted by atomic mass is 10.1. The number of rotatable bonds is 2. The first-order valence-electron chi connectivity index (χ1n) is 8.15. The number of fused-ring (bicyclic) bond motifs is 2. The van der Waals surface area contributed by atoms with Gasteiger partial charge < -0.3 is 0 Å². The van der Waals surface area contributed by atoms with Gasteiger partial charge in [0, 0.05) is 37.3 Å². The summed E-state index contributed by atoms with van der Waals surface area (Å²) in [5, 5.41) is 0.880. The summed E-state index contributed by atoms with van der Waals surface area (Å²) in [6.45, 7) is 5.04. The maximum absolute atomic E-state index is 13.2. The highest BCUT2D eigenvalue weighted by Crippen LogP contribution is 2.29. The summed E-state index contributed by atoms with van der Waals surface area (Å²) < 4.78 is 28.1. The van der Waals surface area contributed by atoms with Gasteiger partial charge in [-0.15, -0.1) is 0 Å². The zero-order chi connectivity index (χ0) is 16.0. The molecule has 5 nitrogen and oxygen atoms in total. The van der Waals surface area contributed by atoms with Crippen LogP contribution in [0.5, 0.6) is 0 Å². The Morgan fingerprint density at radius 1 is 1.22 bits per heavy atom. The molecule has 0 N–H and O–H groups in total. The van der Waals surface area contributed by atoms with E-state index in [-0.39, 0.29) is 0 Å². The van der Waals surface area contributed by atoms with Gasteiger partial charge >= 0.3 is 0 Å². The SMILES string of the molecule is Cc1cc(S(=O)(=O)N2CCN3CCCC3C2)c2ncccc2c1. The lowest BCUT2D eigenvalue weighted by molar-refractivity contribution is 0.158. The Kier molecular flexibility index (Phi) is 3.63. The highest BCUT2D eigenvalue weighted by atomic mass is 32.2. The highest BCUT2D eigenvalue weighted by Gasteiger charge is 2.37. The summed E-state index contributed by atoms with van der Waals surface area (Å²) in [7, 11) is -3.51. The van der Waals surface area contributed by atoms with E-state index < -0.39 is 10.0 Å². The van der Waals surface area contributed by atoms with Crippen molar-refractivity contribution >= 4 is 20.9 Å². The van der Waals surface area contributed by atoms with E-state index in [1.54, 1.807) is 16.6 Å². The van der Waals surface area contributed by atoms with E-state index in [1.807, 2.05) is 25.1 Å². The second kappa shape index (κ2) is 5.54. The summed E-state index contributed by atoms with van der Waals surface area (Å²) >= 11 is 0. The van der Waals surface area contributed by atoms with Gasteiger partial charge in [-0.2, -0.15) is 4.31 Å². The lowest BCUT2D eigenvalue weighted by Crippen LogP contribution is -2.51. The molecule has 0 saturated carbocycles. The van der Waals surface area contributed by atoms with Crippen molar-refractivity contribution in [1.82, 2.24) is 14.2 Å². The molecule has 1 aromatic heterocycles. The van der Waals surface area contributed by atoms with Crippen LogP contribution in [0.15, 0.2) is 35.4 Å². The van der Waals surface area contributed by atoms with Crippen molar-refractivity contribution in [3.05, 3.63) is 36.0 Å². The van der Waals surface area contributed by atoms with E-state index in [2.05, 4.69) is 9.88 Å². The van der Waals surface area contributed by atoms with Crippen molar-refractivity contribution < 1.29 is 8.42 Å². The molecule has 23 heavy (non-hydrogen) atoms. The molecule has 6 heteroatoms. The molecule has 2 aromatic rings. The van der Waals surface area contributed by atoms with E-state index in [1.165, 1.54) is 6.42 Å². The van der Waals surface area contributed by atoms with Crippen molar-refractivity contribution in [2.45, 2.75) is 30.7 Å². The molecule has 0 amide bonds. The fraction of sp³-hybridized carbons (Fsp3) is 0.471. The fourth-order valence-electron chi connectivity index (χ4n) is 3.82. The van der Waals surface area contributed by atoms with Crippen molar-refractivity contribution in [2.24, 2.45) is 0 Å². The number of hydrogen-bond donors (Lipinski definition) is 0. The van der Waals surface area contributed by atoms with E-state index in [4.69, 9.17) is 0 Å². The monoisotopic (exact) mass is 331 g/mol. The van der Waals surface area contributed by atoms with Crippen molar-refractivity contribution in [3.8, 4) is 0 Å². The molecular weight excluding hydrogens is 310 g/mol. The molecular formula is C17H21N3O2S. The van der Waals surface area contributed by atoms with Crippen LogP contribution >= 0.6 is 0 Å². The zero-order valence-corrected chi connectivity index (χ0v) is 14.1. The summed E-state index contributed by atoms with van der Waals surface area (Å²) in [6, 6.07) is 7.88. The van der Waals surface area contributed by atoms with Gasteiger partial charge in [0.25, 0.3) is 0 Å².